The number of rotatable bonds is 5. The standard InChI is InChI=1S/C19H28N6OS/c1-25-9-6-13(7-10-25)16-12-21-18(24-19-20-8-11-27-19)23-17(16)22-14-2-4-15(26)5-3-14/h8,11-15,26H,2-7,9-10H2,1H3,(H2,20,21,22,23,24). The number of piperidine rings is 1. The summed E-state index contributed by atoms with van der Waals surface area (Å²) in [6.07, 6.45) is 9.55. The van der Waals surface area contributed by atoms with Gasteiger partial charge in [0.1, 0.15) is 5.82 Å². The summed E-state index contributed by atoms with van der Waals surface area (Å²) in [6.45, 7) is 2.22. The molecule has 0 amide bonds. The van der Waals surface area contributed by atoms with Crippen molar-refractivity contribution in [3.63, 3.8) is 0 Å². The Labute approximate surface area is 164 Å². The zero-order chi connectivity index (χ0) is 18.6. The Bertz CT molecular complexity index is 724. The smallest absolute Gasteiger partial charge is 0.230 e. The van der Waals surface area contributed by atoms with E-state index in [-0.39, 0.29) is 6.10 Å². The van der Waals surface area contributed by atoms with Gasteiger partial charge in [0.05, 0.1) is 6.10 Å². The SMILES string of the molecule is CN1CCC(c2cnc(Nc3nccs3)nc2NC2CCC(O)CC2)CC1. The number of hydrogen-bond acceptors (Lipinski definition) is 8. The van der Waals surface area contributed by atoms with Gasteiger partial charge in [-0.1, -0.05) is 0 Å². The zero-order valence-electron chi connectivity index (χ0n) is 15.8. The van der Waals surface area contributed by atoms with Crippen LogP contribution in [0.25, 0.3) is 0 Å². The molecule has 2 aliphatic rings. The number of nitrogens with zero attached hydrogens (tertiary/aromatic N) is 4. The van der Waals surface area contributed by atoms with Gasteiger partial charge in [0.25, 0.3) is 0 Å². The molecule has 2 fully saturated rings. The Morgan fingerprint density at radius 1 is 1.11 bits per heavy atom. The summed E-state index contributed by atoms with van der Waals surface area (Å²) in [6, 6.07) is 0.362. The number of aromatic nitrogens is 3. The summed E-state index contributed by atoms with van der Waals surface area (Å²) in [5, 5.41) is 19.4. The van der Waals surface area contributed by atoms with Gasteiger partial charge in [-0.3, -0.25) is 5.32 Å². The minimum atomic E-state index is -0.149. The first-order chi connectivity index (χ1) is 13.2. The fraction of sp³-hybridized carbons (Fsp3) is 0.632. The molecule has 3 heterocycles. The summed E-state index contributed by atoms with van der Waals surface area (Å²) in [7, 11) is 2.18. The van der Waals surface area contributed by atoms with Crippen molar-refractivity contribution in [3.05, 3.63) is 23.3 Å². The van der Waals surface area contributed by atoms with Crippen LogP contribution in [0.1, 0.15) is 50.0 Å². The zero-order valence-corrected chi connectivity index (χ0v) is 16.6. The topological polar surface area (TPSA) is 86.2 Å². The molecule has 146 valence electrons. The molecule has 2 aromatic rings. The maximum absolute atomic E-state index is 9.79. The second-order valence-electron chi connectivity index (χ2n) is 7.69. The molecule has 8 heteroatoms. The van der Waals surface area contributed by atoms with E-state index in [2.05, 4.69) is 32.5 Å². The quantitative estimate of drug-likeness (QED) is 0.725. The minimum Gasteiger partial charge on any atom is -0.393 e. The molecule has 0 aromatic carbocycles. The predicted molar refractivity (Wildman–Crippen MR) is 109 cm³/mol. The van der Waals surface area contributed by atoms with Gasteiger partial charge in [0.15, 0.2) is 5.13 Å². The van der Waals surface area contributed by atoms with Crippen LogP contribution in [-0.4, -0.2) is 57.2 Å². The molecule has 1 saturated heterocycles. The molecular formula is C19H28N6OS. The van der Waals surface area contributed by atoms with E-state index in [1.165, 1.54) is 16.9 Å². The van der Waals surface area contributed by atoms with Crippen LogP contribution in [0.15, 0.2) is 17.8 Å². The molecule has 3 N–H and O–H groups in total. The van der Waals surface area contributed by atoms with Crippen molar-refractivity contribution in [2.45, 2.75) is 56.6 Å². The summed E-state index contributed by atoms with van der Waals surface area (Å²) >= 11 is 1.54. The summed E-state index contributed by atoms with van der Waals surface area (Å²) in [5.41, 5.74) is 1.22. The Hall–Kier alpha value is -1.77. The van der Waals surface area contributed by atoms with Crippen LogP contribution in [0.3, 0.4) is 0 Å². The first-order valence-electron chi connectivity index (χ1n) is 9.84. The molecule has 7 nitrogen and oxygen atoms in total. The lowest BCUT2D eigenvalue weighted by atomic mass is 9.89. The largest absolute Gasteiger partial charge is 0.393 e. The first kappa shape index (κ1) is 18.6. The number of aliphatic hydroxyl groups is 1. The average molecular weight is 389 g/mol. The number of aliphatic hydroxyl groups excluding tert-OH is 1. The molecule has 27 heavy (non-hydrogen) atoms. The second kappa shape index (κ2) is 8.50. The average Bonchev–Trinajstić information content (AvgIpc) is 3.18. The third-order valence-electron chi connectivity index (χ3n) is 5.66. The molecule has 1 aliphatic carbocycles. The number of nitrogens with one attached hydrogen (secondary N) is 2. The van der Waals surface area contributed by atoms with E-state index < -0.39 is 0 Å². The van der Waals surface area contributed by atoms with Crippen LogP contribution in [0, 0.1) is 0 Å². The first-order valence-corrected chi connectivity index (χ1v) is 10.7. The fourth-order valence-corrected chi connectivity index (χ4v) is 4.50. The number of likely N-dealkylation sites (tertiary alicyclic amines) is 1. The van der Waals surface area contributed by atoms with Crippen LogP contribution < -0.4 is 10.6 Å². The molecule has 4 rings (SSSR count). The van der Waals surface area contributed by atoms with E-state index in [0.29, 0.717) is 17.9 Å². The number of thiazole rings is 1. The molecule has 0 radical (unpaired) electrons. The summed E-state index contributed by atoms with van der Waals surface area (Å²) < 4.78 is 0. The van der Waals surface area contributed by atoms with Gasteiger partial charge in [-0.25, -0.2) is 9.97 Å². The molecule has 0 bridgehead atoms. The maximum atomic E-state index is 9.79. The highest BCUT2D eigenvalue weighted by molar-refractivity contribution is 7.13. The highest BCUT2D eigenvalue weighted by atomic mass is 32.1. The van der Waals surface area contributed by atoms with Crippen molar-refractivity contribution in [1.82, 2.24) is 19.9 Å². The van der Waals surface area contributed by atoms with Crippen LogP contribution >= 0.6 is 11.3 Å². The van der Waals surface area contributed by atoms with E-state index in [9.17, 15) is 5.11 Å². The van der Waals surface area contributed by atoms with Crippen LogP contribution in [0.4, 0.5) is 16.9 Å². The lowest BCUT2D eigenvalue weighted by Crippen LogP contribution is -2.31. The van der Waals surface area contributed by atoms with Crippen molar-refractivity contribution >= 4 is 28.2 Å². The normalized spacial score (nSPS) is 24.7. The molecule has 1 saturated carbocycles. The van der Waals surface area contributed by atoms with Crippen LogP contribution in [0.5, 0.6) is 0 Å². The van der Waals surface area contributed by atoms with Crippen molar-refractivity contribution < 1.29 is 5.11 Å². The van der Waals surface area contributed by atoms with Crippen molar-refractivity contribution in [1.29, 1.82) is 0 Å². The van der Waals surface area contributed by atoms with Gasteiger partial charge in [-0.05, 0) is 64.6 Å². The van der Waals surface area contributed by atoms with Crippen LogP contribution in [-0.2, 0) is 0 Å². The Morgan fingerprint density at radius 2 is 1.89 bits per heavy atom. The third kappa shape index (κ3) is 4.75. The minimum absolute atomic E-state index is 0.149. The van der Waals surface area contributed by atoms with E-state index in [4.69, 9.17) is 4.98 Å². The monoisotopic (exact) mass is 388 g/mol. The summed E-state index contributed by atoms with van der Waals surface area (Å²) in [4.78, 5) is 16.0. The highest BCUT2D eigenvalue weighted by Gasteiger charge is 2.25. The number of anilines is 3. The second-order valence-corrected chi connectivity index (χ2v) is 8.58. The van der Waals surface area contributed by atoms with E-state index in [1.54, 1.807) is 6.20 Å². The van der Waals surface area contributed by atoms with E-state index in [0.717, 1.165) is 62.6 Å². The van der Waals surface area contributed by atoms with Gasteiger partial charge < -0.3 is 15.3 Å². The van der Waals surface area contributed by atoms with Crippen molar-refractivity contribution in [2.75, 3.05) is 30.8 Å². The molecule has 2 aromatic heterocycles. The predicted octanol–water partition coefficient (Wildman–Crippen LogP) is 3.20. The van der Waals surface area contributed by atoms with E-state index >= 15 is 0 Å². The highest BCUT2D eigenvalue weighted by Crippen LogP contribution is 2.33. The summed E-state index contributed by atoms with van der Waals surface area (Å²) in [5.74, 6) is 2.02. The number of hydrogen-bond donors (Lipinski definition) is 3. The Kier molecular flexibility index (Phi) is 5.85. The molecular weight excluding hydrogens is 360 g/mol. The third-order valence-corrected chi connectivity index (χ3v) is 6.35. The van der Waals surface area contributed by atoms with Crippen LogP contribution in [0.2, 0.25) is 0 Å². The lowest BCUT2D eigenvalue weighted by molar-refractivity contribution is 0.126. The lowest BCUT2D eigenvalue weighted by Gasteiger charge is -2.32. The molecule has 0 atom stereocenters. The van der Waals surface area contributed by atoms with Crippen molar-refractivity contribution in [3.8, 4) is 0 Å². The van der Waals surface area contributed by atoms with Gasteiger partial charge in [0.2, 0.25) is 5.95 Å². The van der Waals surface area contributed by atoms with Gasteiger partial charge in [0, 0.05) is 29.4 Å². The Morgan fingerprint density at radius 3 is 2.59 bits per heavy atom. The fourth-order valence-electron chi connectivity index (χ4n) is 3.98. The maximum Gasteiger partial charge on any atom is 0.230 e. The molecule has 1 aliphatic heterocycles. The van der Waals surface area contributed by atoms with E-state index in [1.807, 2.05) is 11.6 Å². The van der Waals surface area contributed by atoms with Gasteiger partial charge >= 0.3 is 0 Å². The van der Waals surface area contributed by atoms with Gasteiger partial charge in [-0.2, -0.15) is 4.98 Å². The molecule has 0 unspecified atom stereocenters. The molecule has 0 spiro atoms. The van der Waals surface area contributed by atoms with Gasteiger partial charge in [-0.15, -0.1) is 11.3 Å². The Balaban J connectivity index is 1.55. The van der Waals surface area contributed by atoms with Crippen molar-refractivity contribution in [2.24, 2.45) is 0 Å².